The van der Waals surface area contributed by atoms with Gasteiger partial charge in [-0.3, -0.25) is 4.79 Å². The van der Waals surface area contributed by atoms with Crippen molar-refractivity contribution in [2.45, 2.75) is 19.9 Å². The Morgan fingerprint density at radius 1 is 0.919 bits per heavy atom. The number of benzene rings is 3. The monoisotopic (exact) mass is 513 g/mol. The van der Waals surface area contributed by atoms with Crippen LogP contribution in [-0.2, 0) is 11.3 Å². The first-order valence-corrected chi connectivity index (χ1v) is 13.3. The van der Waals surface area contributed by atoms with Crippen LogP contribution in [0.25, 0.3) is 22.3 Å². The van der Waals surface area contributed by atoms with Gasteiger partial charge in [0.1, 0.15) is 5.82 Å². The van der Waals surface area contributed by atoms with Crippen LogP contribution in [0.5, 0.6) is 0 Å². The SMILES string of the molecule is CCN1CCN(C(=O)CCN(Cc2ccccc2)c2nc(-c3ccccc3)nc3cc(Cl)ccc23)CC1. The van der Waals surface area contributed by atoms with E-state index in [0.717, 1.165) is 60.6 Å². The largest absolute Gasteiger partial charge is 0.351 e. The number of halogens is 1. The lowest BCUT2D eigenvalue weighted by atomic mass is 10.1. The van der Waals surface area contributed by atoms with Crippen LogP contribution in [0.4, 0.5) is 5.82 Å². The van der Waals surface area contributed by atoms with E-state index in [-0.39, 0.29) is 5.91 Å². The molecule has 2 heterocycles. The number of amides is 1. The van der Waals surface area contributed by atoms with Crippen molar-refractivity contribution in [3.05, 3.63) is 89.4 Å². The van der Waals surface area contributed by atoms with Crippen LogP contribution in [0.3, 0.4) is 0 Å². The molecule has 0 aliphatic carbocycles. The molecule has 0 saturated carbocycles. The normalized spacial score (nSPS) is 14.2. The summed E-state index contributed by atoms with van der Waals surface area (Å²) in [4.78, 5) is 29.7. The number of aromatic nitrogens is 2. The Morgan fingerprint density at radius 2 is 1.62 bits per heavy atom. The fraction of sp³-hybridized carbons (Fsp3) is 0.300. The molecular weight excluding hydrogens is 482 g/mol. The molecule has 3 aromatic carbocycles. The molecule has 0 radical (unpaired) electrons. The summed E-state index contributed by atoms with van der Waals surface area (Å²) in [6.07, 6.45) is 0.429. The maximum atomic E-state index is 13.2. The van der Waals surface area contributed by atoms with E-state index < -0.39 is 0 Å². The Balaban J connectivity index is 1.48. The molecular formula is C30H32ClN5O. The third-order valence-electron chi connectivity index (χ3n) is 6.95. The summed E-state index contributed by atoms with van der Waals surface area (Å²) in [6, 6.07) is 26.0. The van der Waals surface area contributed by atoms with Crippen LogP contribution in [0.2, 0.25) is 5.02 Å². The van der Waals surface area contributed by atoms with E-state index in [1.54, 1.807) is 0 Å². The number of fused-ring (bicyclic) bond motifs is 1. The number of carbonyl (C=O) groups excluding carboxylic acids is 1. The van der Waals surface area contributed by atoms with Gasteiger partial charge in [0.15, 0.2) is 5.82 Å². The fourth-order valence-electron chi connectivity index (χ4n) is 4.81. The molecule has 1 aromatic heterocycles. The zero-order valence-corrected chi connectivity index (χ0v) is 21.9. The minimum atomic E-state index is 0.193. The summed E-state index contributed by atoms with van der Waals surface area (Å²) in [5.74, 6) is 1.65. The minimum absolute atomic E-state index is 0.193. The maximum Gasteiger partial charge on any atom is 0.224 e. The zero-order valence-electron chi connectivity index (χ0n) is 21.2. The lowest BCUT2D eigenvalue weighted by Crippen LogP contribution is -2.49. The Kier molecular flexibility index (Phi) is 7.97. The van der Waals surface area contributed by atoms with Gasteiger partial charge in [0.2, 0.25) is 5.91 Å². The van der Waals surface area contributed by atoms with E-state index in [9.17, 15) is 4.79 Å². The molecule has 1 amide bonds. The van der Waals surface area contributed by atoms with Crippen LogP contribution in [0, 0.1) is 0 Å². The van der Waals surface area contributed by atoms with Gasteiger partial charge in [-0.1, -0.05) is 79.2 Å². The first kappa shape index (κ1) is 25.2. The lowest BCUT2D eigenvalue weighted by molar-refractivity contribution is -0.132. The van der Waals surface area contributed by atoms with E-state index in [0.29, 0.717) is 30.4 Å². The van der Waals surface area contributed by atoms with Crippen molar-refractivity contribution in [1.29, 1.82) is 0 Å². The molecule has 1 aliphatic rings. The average Bonchev–Trinajstić information content (AvgIpc) is 2.95. The van der Waals surface area contributed by atoms with Gasteiger partial charge in [-0.2, -0.15) is 0 Å². The molecule has 0 N–H and O–H groups in total. The molecule has 4 aromatic rings. The second-order valence-electron chi connectivity index (χ2n) is 9.37. The number of rotatable bonds is 8. The zero-order chi connectivity index (χ0) is 25.6. The van der Waals surface area contributed by atoms with Crippen molar-refractivity contribution >= 4 is 34.2 Å². The highest BCUT2D eigenvalue weighted by Crippen LogP contribution is 2.30. The van der Waals surface area contributed by atoms with Crippen LogP contribution in [-0.4, -0.2) is 64.9 Å². The van der Waals surface area contributed by atoms with Crippen molar-refractivity contribution in [3.63, 3.8) is 0 Å². The van der Waals surface area contributed by atoms with Gasteiger partial charge < -0.3 is 14.7 Å². The van der Waals surface area contributed by atoms with Gasteiger partial charge in [-0.25, -0.2) is 9.97 Å². The van der Waals surface area contributed by atoms with E-state index in [1.165, 1.54) is 0 Å². The Morgan fingerprint density at radius 3 is 2.32 bits per heavy atom. The van der Waals surface area contributed by atoms with Gasteiger partial charge >= 0.3 is 0 Å². The molecule has 190 valence electrons. The Labute approximate surface area is 223 Å². The van der Waals surface area contributed by atoms with Gasteiger partial charge in [-0.05, 0) is 30.3 Å². The minimum Gasteiger partial charge on any atom is -0.351 e. The average molecular weight is 514 g/mol. The van der Waals surface area contributed by atoms with Crippen LogP contribution >= 0.6 is 11.6 Å². The van der Waals surface area contributed by atoms with Crippen LogP contribution in [0.15, 0.2) is 78.9 Å². The quantitative estimate of drug-likeness (QED) is 0.311. The number of anilines is 1. The van der Waals surface area contributed by atoms with Gasteiger partial charge in [-0.15, -0.1) is 0 Å². The van der Waals surface area contributed by atoms with Crippen molar-refractivity contribution < 1.29 is 4.79 Å². The summed E-state index contributed by atoms with van der Waals surface area (Å²) in [5, 5.41) is 1.55. The van der Waals surface area contributed by atoms with E-state index in [1.807, 2.05) is 71.6 Å². The smallest absolute Gasteiger partial charge is 0.224 e. The number of hydrogen-bond donors (Lipinski definition) is 0. The summed E-state index contributed by atoms with van der Waals surface area (Å²) in [7, 11) is 0. The molecule has 0 spiro atoms. The van der Waals surface area contributed by atoms with E-state index >= 15 is 0 Å². The summed E-state index contributed by atoms with van der Waals surface area (Å²) in [6.45, 7) is 7.85. The molecule has 37 heavy (non-hydrogen) atoms. The van der Waals surface area contributed by atoms with Crippen molar-refractivity contribution in [2.24, 2.45) is 0 Å². The summed E-state index contributed by atoms with van der Waals surface area (Å²) in [5.41, 5.74) is 2.89. The number of carbonyl (C=O) groups is 1. The molecule has 1 fully saturated rings. The first-order chi connectivity index (χ1) is 18.1. The second kappa shape index (κ2) is 11.7. The molecule has 6 nitrogen and oxygen atoms in total. The van der Waals surface area contributed by atoms with Crippen LogP contribution < -0.4 is 4.90 Å². The van der Waals surface area contributed by atoms with Crippen LogP contribution in [0.1, 0.15) is 18.9 Å². The summed E-state index contributed by atoms with van der Waals surface area (Å²) >= 11 is 6.36. The predicted molar refractivity (Wildman–Crippen MR) is 151 cm³/mol. The van der Waals surface area contributed by atoms with Crippen molar-refractivity contribution in [1.82, 2.24) is 19.8 Å². The number of piperazine rings is 1. The molecule has 7 heteroatoms. The molecule has 0 bridgehead atoms. The summed E-state index contributed by atoms with van der Waals surface area (Å²) < 4.78 is 0. The number of likely N-dealkylation sites (N-methyl/N-ethyl adjacent to an activating group) is 1. The second-order valence-corrected chi connectivity index (χ2v) is 9.81. The van der Waals surface area contributed by atoms with E-state index in [4.69, 9.17) is 21.6 Å². The molecule has 0 atom stereocenters. The highest BCUT2D eigenvalue weighted by atomic mass is 35.5. The standard InChI is InChI=1S/C30H32ClN5O/c1-2-34-17-19-35(20-18-34)28(37)15-16-36(22-23-9-5-3-6-10-23)30-26-14-13-25(31)21-27(26)32-29(33-30)24-11-7-4-8-12-24/h3-14,21H,2,15-20,22H2,1H3. The molecule has 1 aliphatic heterocycles. The molecule has 5 rings (SSSR count). The maximum absolute atomic E-state index is 13.2. The third kappa shape index (κ3) is 6.09. The topological polar surface area (TPSA) is 52.6 Å². The van der Waals surface area contributed by atoms with Gasteiger partial charge in [0.25, 0.3) is 0 Å². The van der Waals surface area contributed by atoms with E-state index in [2.05, 4.69) is 28.9 Å². The highest BCUT2D eigenvalue weighted by Gasteiger charge is 2.22. The molecule has 0 unspecified atom stereocenters. The number of hydrogen-bond acceptors (Lipinski definition) is 5. The lowest BCUT2D eigenvalue weighted by Gasteiger charge is -2.34. The third-order valence-corrected chi connectivity index (χ3v) is 7.19. The highest BCUT2D eigenvalue weighted by molar-refractivity contribution is 6.31. The van der Waals surface area contributed by atoms with Gasteiger partial charge in [0.05, 0.1) is 5.52 Å². The van der Waals surface area contributed by atoms with Crippen molar-refractivity contribution in [2.75, 3.05) is 44.2 Å². The Bertz CT molecular complexity index is 1340. The van der Waals surface area contributed by atoms with Crippen molar-refractivity contribution in [3.8, 4) is 11.4 Å². The first-order valence-electron chi connectivity index (χ1n) is 12.9. The Hall–Kier alpha value is -3.48. The fourth-order valence-corrected chi connectivity index (χ4v) is 4.98. The predicted octanol–water partition coefficient (Wildman–Crippen LogP) is 5.51. The molecule has 1 saturated heterocycles. The van der Waals surface area contributed by atoms with Gasteiger partial charge in [0, 0.05) is 61.7 Å². The number of nitrogens with zero attached hydrogens (tertiary/aromatic N) is 5.